The van der Waals surface area contributed by atoms with Gasteiger partial charge < -0.3 is 24.7 Å². The summed E-state index contributed by atoms with van der Waals surface area (Å²) in [7, 11) is 2.21. The van der Waals surface area contributed by atoms with Gasteiger partial charge in [0.25, 0.3) is 0 Å². The number of rotatable bonds is 3. The Morgan fingerprint density at radius 2 is 1.68 bits per heavy atom. The molecule has 2 aliphatic rings. The molecule has 1 fully saturated rings. The van der Waals surface area contributed by atoms with Gasteiger partial charge in [-0.2, -0.15) is 0 Å². The number of nitrogens with zero attached hydrogens (tertiary/aromatic N) is 1. The Bertz CT molecular complexity index is 958. The van der Waals surface area contributed by atoms with Gasteiger partial charge >= 0.3 is 0 Å². The van der Waals surface area contributed by atoms with Gasteiger partial charge in [-0.1, -0.05) is 13.5 Å². The van der Waals surface area contributed by atoms with E-state index in [1.54, 1.807) is 0 Å². The number of aromatic amines is 1. The topological polar surface area (TPSA) is 49.5 Å². The van der Waals surface area contributed by atoms with E-state index in [2.05, 4.69) is 46.6 Å². The number of anilines is 2. The second kappa shape index (κ2) is 7.76. The van der Waals surface area contributed by atoms with E-state index < -0.39 is 0 Å². The number of hydrogen-bond donors (Lipinski definition) is 2. The highest BCUT2D eigenvalue weighted by Crippen LogP contribution is 2.36. The minimum atomic E-state index is 0. The highest BCUT2D eigenvalue weighted by Gasteiger charge is 2.21. The first kappa shape index (κ1) is 18.7. The van der Waals surface area contributed by atoms with Crippen LogP contribution in [0.1, 0.15) is 31.7 Å². The summed E-state index contributed by atoms with van der Waals surface area (Å²) >= 11 is 0. The SMILES string of the molecule is C.CN1CCC(c2c[nH]c3cc(Nc4ccc5c(c4)OCCO5)ccc23)CC1. The van der Waals surface area contributed by atoms with E-state index in [9.17, 15) is 0 Å². The minimum Gasteiger partial charge on any atom is -0.486 e. The molecule has 1 saturated heterocycles. The van der Waals surface area contributed by atoms with E-state index in [1.165, 1.54) is 42.4 Å². The zero-order valence-corrected chi connectivity index (χ0v) is 15.6. The van der Waals surface area contributed by atoms with Crippen LogP contribution in [0.15, 0.2) is 42.6 Å². The number of fused-ring (bicyclic) bond motifs is 2. The van der Waals surface area contributed by atoms with Crippen LogP contribution >= 0.6 is 0 Å². The summed E-state index contributed by atoms with van der Waals surface area (Å²) in [6.45, 7) is 3.58. The van der Waals surface area contributed by atoms with Crippen molar-refractivity contribution in [2.24, 2.45) is 0 Å². The molecule has 1 aromatic heterocycles. The molecule has 0 spiro atoms. The van der Waals surface area contributed by atoms with Crippen LogP contribution in [0.2, 0.25) is 0 Å². The van der Waals surface area contributed by atoms with Crippen molar-refractivity contribution in [2.45, 2.75) is 26.2 Å². The number of nitrogens with one attached hydrogen (secondary N) is 2. The molecule has 0 unspecified atom stereocenters. The van der Waals surface area contributed by atoms with Crippen LogP contribution in [0.5, 0.6) is 11.5 Å². The maximum Gasteiger partial charge on any atom is 0.163 e. The number of hydrogen-bond acceptors (Lipinski definition) is 4. The molecule has 2 N–H and O–H groups in total. The highest BCUT2D eigenvalue weighted by molar-refractivity contribution is 5.87. The van der Waals surface area contributed by atoms with Crippen molar-refractivity contribution in [2.75, 3.05) is 38.7 Å². The van der Waals surface area contributed by atoms with Gasteiger partial charge in [0.05, 0.1) is 0 Å². The molecule has 2 aliphatic heterocycles. The summed E-state index contributed by atoms with van der Waals surface area (Å²) in [6.07, 6.45) is 4.68. The Morgan fingerprint density at radius 3 is 2.50 bits per heavy atom. The molecule has 0 atom stereocenters. The maximum atomic E-state index is 5.68. The second-order valence-corrected chi connectivity index (χ2v) is 7.57. The van der Waals surface area contributed by atoms with Crippen LogP contribution in [-0.4, -0.2) is 43.2 Å². The number of benzene rings is 2. The van der Waals surface area contributed by atoms with Crippen LogP contribution in [0.3, 0.4) is 0 Å². The third-order valence-electron chi connectivity index (χ3n) is 5.70. The number of ether oxygens (including phenoxy) is 2. The Hall–Kier alpha value is -2.66. The first-order valence-electron chi connectivity index (χ1n) is 9.72. The lowest BCUT2D eigenvalue weighted by Crippen LogP contribution is -2.29. The average molecular weight is 380 g/mol. The normalized spacial score (nSPS) is 17.3. The Balaban J connectivity index is 0.00000192. The van der Waals surface area contributed by atoms with Gasteiger partial charge in [-0.25, -0.2) is 0 Å². The van der Waals surface area contributed by atoms with Crippen molar-refractivity contribution in [1.82, 2.24) is 9.88 Å². The van der Waals surface area contributed by atoms with Gasteiger partial charge in [0.2, 0.25) is 0 Å². The standard InChI is InChI=1S/C22H25N3O2.CH4/c1-25-8-6-15(7-9-25)19-14-23-20-12-16(2-4-18(19)20)24-17-3-5-21-22(13-17)27-11-10-26-21;/h2-5,12-15,23-24H,6-11H2,1H3;1H4. The van der Waals surface area contributed by atoms with Crippen molar-refractivity contribution in [3.63, 3.8) is 0 Å². The van der Waals surface area contributed by atoms with Crippen molar-refractivity contribution in [3.05, 3.63) is 48.2 Å². The fourth-order valence-electron chi connectivity index (χ4n) is 4.17. The van der Waals surface area contributed by atoms with Gasteiger partial charge in [0.1, 0.15) is 13.2 Å². The van der Waals surface area contributed by atoms with Gasteiger partial charge in [-0.3, -0.25) is 0 Å². The fourth-order valence-corrected chi connectivity index (χ4v) is 4.17. The second-order valence-electron chi connectivity index (χ2n) is 7.57. The molecular formula is C23H29N3O2. The maximum absolute atomic E-state index is 5.68. The lowest BCUT2D eigenvalue weighted by atomic mass is 9.89. The number of likely N-dealkylation sites (tertiary alicyclic amines) is 1. The smallest absolute Gasteiger partial charge is 0.163 e. The zero-order chi connectivity index (χ0) is 18.2. The molecule has 0 radical (unpaired) electrons. The lowest BCUT2D eigenvalue weighted by molar-refractivity contribution is 0.171. The van der Waals surface area contributed by atoms with Crippen molar-refractivity contribution < 1.29 is 9.47 Å². The third kappa shape index (κ3) is 3.54. The molecule has 2 aromatic carbocycles. The van der Waals surface area contributed by atoms with E-state index in [1.807, 2.05) is 18.2 Å². The molecule has 0 saturated carbocycles. The highest BCUT2D eigenvalue weighted by atomic mass is 16.6. The van der Waals surface area contributed by atoms with Crippen molar-refractivity contribution in [1.29, 1.82) is 0 Å². The van der Waals surface area contributed by atoms with E-state index in [-0.39, 0.29) is 7.43 Å². The lowest BCUT2D eigenvalue weighted by Gasteiger charge is -2.28. The van der Waals surface area contributed by atoms with E-state index in [4.69, 9.17) is 9.47 Å². The fraction of sp³-hybridized carbons (Fsp3) is 0.391. The molecule has 0 aliphatic carbocycles. The zero-order valence-electron chi connectivity index (χ0n) is 15.6. The summed E-state index contributed by atoms with van der Waals surface area (Å²) in [5.74, 6) is 2.28. The van der Waals surface area contributed by atoms with Crippen LogP contribution in [0.25, 0.3) is 10.9 Å². The molecule has 3 aromatic rings. The van der Waals surface area contributed by atoms with Crippen LogP contribution in [-0.2, 0) is 0 Å². The van der Waals surface area contributed by atoms with Gasteiger partial charge in [-0.15, -0.1) is 0 Å². The van der Waals surface area contributed by atoms with Crippen molar-refractivity contribution in [3.8, 4) is 11.5 Å². The monoisotopic (exact) mass is 379 g/mol. The molecular weight excluding hydrogens is 350 g/mol. The first-order valence-corrected chi connectivity index (χ1v) is 9.72. The predicted octanol–water partition coefficient (Wildman–Crippen LogP) is 5.13. The summed E-state index contributed by atoms with van der Waals surface area (Å²) in [6, 6.07) is 12.6. The molecule has 28 heavy (non-hydrogen) atoms. The largest absolute Gasteiger partial charge is 0.486 e. The quantitative estimate of drug-likeness (QED) is 0.662. The van der Waals surface area contributed by atoms with Gasteiger partial charge in [0, 0.05) is 34.5 Å². The van der Waals surface area contributed by atoms with E-state index in [0.29, 0.717) is 19.1 Å². The number of piperidine rings is 1. The van der Waals surface area contributed by atoms with Gasteiger partial charge in [0.15, 0.2) is 11.5 Å². The third-order valence-corrected chi connectivity index (χ3v) is 5.70. The Morgan fingerprint density at radius 1 is 0.964 bits per heavy atom. The van der Waals surface area contributed by atoms with Crippen LogP contribution < -0.4 is 14.8 Å². The molecule has 0 amide bonds. The molecule has 5 nitrogen and oxygen atoms in total. The average Bonchev–Trinajstić information content (AvgIpc) is 3.12. The summed E-state index contributed by atoms with van der Waals surface area (Å²) in [4.78, 5) is 5.89. The molecule has 0 bridgehead atoms. The summed E-state index contributed by atoms with van der Waals surface area (Å²) in [5.41, 5.74) is 4.71. The molecule has 148 valence electrons. The summed E-state index contributed by atoms with van der Waals surface area (Å²) < 4.78 is 11.3. The Labute approximate surface area is 166 Å². The number of aromatic nitrogens is 1. The van der Waals surface area contributed by atoms with E-state index in [0.717, 1.165) is 22.9 Å². The van der Waals surface area contributed by atoms with Gasteiger partial charge in [-0.05, 0) is 68.7 Å². The minimum absolute atomic E-state index is 0. The Kier molecular flexibility index (Phi) is 5.18. The van der Waals surface area contributed by atoms with Crippen LogP contribution in [0, 0.1) is 0 Å². The predicted molar refractivity (Wildman–Crippen MR) is 115 cm³/mol. The number of H-pyrrole nitrogens is 1. The van der Waals surface area contributed by atoms with Crippen LogP contribution in [0.4, 0.5) is 11.4 Å². The molecule has 3 heterocycles. The van der Waals surface area contributed by atoms with E-state index >= 15 is 0 Å². The summed E-state index contributed by atoms with van der Waals surface area (Å²) in [5, 5.41) is 4.82. The molecule has 5 rings (SSSR count). The van der Waals surface area contributed by atoms with Crippen molar-refractivity contribution >= 4 is 22.3 Å². The first-order chi connectivity index (χ1) is 13.3. The molecule has 5 heteroatoms.